The van der Waals surface area contributed by atoms with Crippen LogP contribution in [0.25, 0.3) is 11.1 Å². The van der Waals surface area contributed by atoms with Crippen molar-refractivity contribution < 1.29 is 4.79 Å². The van der Waals surface area contributed by atoms with Crippen molar-refractivity contribution in [3.05, 3.63) is 44.6 Å². The third-order valence-electron chi connectivity index (χ3n) is 4.43. The number of halogens is 1. The van der Waals surface area contributed by atoms with Crippen LogP contribution in [0, 0.1) is 16.7 Å². The van der Waals surface area contributed by atoms with Gasteiger partial charge in [-0.05, 0) is 40.8 Å². The van der Waals surface area contributed by atoms with Crippen molar-refractivity contribution in [2.45, 2.75) is 25.2 Å². The molecule has 24 heavy (non-hydrogen) atoms. The van der Waals surface area contributed by atoms with E-state index in [0.29, 0.717) is 24.2 Å². The van der Waals surface area contributed by atoms with E-state index in [0.717, 1.165) is 20.5 Å². The van der Waals surface area contributed by atoms with Crippen molar-refractivity contribution >= 4 is 39.0 Å². The predicted molar refractivity (Wildman–Crippen MR) is 99.3 cm³/mol. The lowest BCUT2D eigenvalue weighted by Gasteiger charge is -2.36. The van der Waals surface area contributed by atoms with E-state index < -0.39 is 0 Å². The molecule has 6 heteroatoms. The molecular formula is C18H16BrN3OS. The molecular weight excluding hydrogens is 386 g/mol. The Morgan fingerprint density at radius 3 is 2.71 bits per heavy atom. The van der Waals surface area contributed by atoms with Gasteiger partial charge in [0, 0.05) is 34.7 Å². The number of thiophene rings is 1. The molecule has 1 aromatic heterocycles. The van der Waals surface area contributed by atoms with E-state index in [1.165, 1.54) is 4.90 Å². The van der Waals surface area contributed by atoms with Gasteiger partial charge in [0.2, 0.25) is 5.91 Å². The third-order valence-corrected chi connectivity index (χ3v) is 6.13. The molecule has 0 saturated carbocycles. The minimum Gasteiger partial charge on any atom is -0.304 e. The number of likely N-dealkylation sites (tertiary alicyclic amines) is 1. The van der Waals surface area contributed by atoms with Crippen molar-refractivity contribution in [3.8, 4) is 17.2 Å². The van der Waals surface area contributed by atoms with Gasteiger partial charge in [-0.15, -0.1) is 11.3 Å². The highest BCUT2D eigenvalue weighted by atomic mass is 79.9. The van der Waals surface area contributed by atoms with Crippen LogP contribution >= 0.6 is 27.3 Å². The van der Waals surface area contributed by atoms with Gasteiger partial charge in [0.15, 0.2) is 0 Å². The van der Waals surface area contributed by atoms with Crippen LogP contribution in [0.4, 0.5) is 0 Å². The van der Waals surface area contributed by atoms with E-state index in [1.54, 1.807) is 24.5 Å². The molecule has 1 aromatic carbocycles. The molecule has 1 saturated heterocycles. The van der Waals surface area contributed by atoms with E-state index in [9.17, 15) is 4.79 Å². The van der Waals surface area contributed by atoms with Crippen molar-refractivity contribution in [2.75, 3.05) is 7.05 Å². The summed E-state index contributed by atoms with van der Waals surface area (Å²) in [7, 11) is 1.66. The van der Waals surface area contributed by atoms with Crippen molar-refractivity contribution in [2.24, 2.45) is 0 Å². The smallest absolute Gasteiger partial charge is 0.228 e. The molecule has 0 spiro atoms. The first-order chi connectivity index (χ1) is 11.3. The highest BCUT2D eigenvalue weighted by molar-refractivity contribution is 9.10. The number of rotatable bonds is 2. The minimum atomic E-state index is -0.340. The van der Waals surface area contributed by atoms with Crippen LogP contribution in [0.1, 0.15) is 30.2 Å². The standard InChI is InChI=1S/C18H16BrN3OS/c1-18(7-16(21)22(2)17(23)8-18)15-6-13(10-24-15)12-3-11(9-20)4-14(19)5-12/h3-6,10,21H,7-8H2,1-2H3/t18-/m0/s1. The lowest BCUT2D eigenvalue weighted by atomic mass is 9.78. The Hall–Kier alpha value is -1.97. The Morgan fingerprint density at radius 1 is 1.29 bits per heavy atom. The van der Waals surface area contributed by atoms with Gasteiger partial charge < -0.3 is 4.90 Å². The summed E-state index contributed by atoms with van der Waals surface area (Å²) in [5.74, 6) is 0.343. The largest absolute Gasteiger partial charge is 0.304 e. The molecule has 1 amide bonds. The summed E-state index contributed by atoms with van der Waals surface area (Å²) in [4.78, 5) is 14.7. The van der Waals surface area contributed by atoms with Crippen LogP contribution < -0.4 is 0 Å². The fraction of sp³-hybridized carbons (Fsp3) is 0.278. The molecule has 0 bridgehead atoms. The van der Waals surface area contributed by atoms with E-state index in [4.69, 9.17) is 10.7 Å². The molecule has 122 valence electrons. The number of hydrogen-bond acceptors (Lipinski definition) is 4. The number of benzene rings is 1. The molecule has 0 radical (unpaired) electrons. The van der Waals surface area contributed by atoms with Gasteiger partial charge in [-0.25, -0.2) is 0 Å². The Kier molecular flexibility index (Phi) is 4.33. The Bertz CT molecular complexity index is 863. The number of nitrogens with one attached hydrogen (secondary N) is 1. The van der Waals surface area contributed by atoms with Gasteiger partial charge in [-0.2, -0.15) is 5.26 Å². The maximum absolute atomic E-state index is 12.1. The SMILES string of the molecule is CN1C(=N)C[C@](C)(c2cc(-c3cc(Br)cc(C#N)c3)cs2)CC1=O. The summed E-state index contributed by atoms with van der Waals surface area (Å²) < 4.78 is 0.867. The summed E-state index contributed by atoms with van der Waals surface area (Å²) in [6.07, 6.45) is 0.963. The summed E-state index contributed by atoms with van der Waals surface area (Å²) in [5, 5.41) is 19.2. The first-order valence-electron chi connectivity index (χ1n) is 7.46. The lowest BCUT2D eigenvalue weighted by molar-refractivity contribution is -0.128. The molecule has 0 aliphatic carbocycles. The summed E-state index contributed by atoms with van der Waals surface area (Å²) in [5.41, 5.74) is 2.27. The van der Waals surface area contributed by atoms with Crippen LogP contribution in [0.3, 0.4) is 0 Å². The molecule has 1 aliphatic heterocycles. The quantitative estimate of drug-likeness (QED) is 0.802. The normalized spacial score (nSPS) is 21.0. The number of carbonyl (C=O) groups is 1. The van der Waals surface area contributed by atoms with Crippen LogP contribution in [0.5, 0.6) is 0 Å². The molecule has 1 N–H and O–H groups in total. The van der Waals surface area contributed by atoms with Crippen LogP contribution in [-0.4, -0.2) is 23.7 Å². The molecule has 1 fully saturated rings. The van der Waals surface area contributed by atoms with Crippen LogP contribution in [0.15, 0.2) is 34.1 Å². The number of carbonyl (C=O) groups excluding carboxylic acids is 1. The fourth-order valence-electron chi connectivity index (χ4n) is 2.95. The molecule has 2 aromatic rings. The molecule has 3 rings (SSSR count). The number of nitrogens with zero attached hydrogens (tertiary/aromatic N) is 2. The van der Waals surface area contributed by atoms with E-state index in [1.807, 2.05) is 19.1 Å². The maximum atomic E-state index is 12.1. The van der Waals surface area contributed by atoms with Crippen molar-refractivity contribution in [1.82, 2.24) is 4.90 Å². The Balaban J connectivity index is 1.97. The molecule has 4 nitrogen and oxygen atoms in total. The fourth-order valence-corrected chi connectivity index (χ4v) is 4.53. The minimum absolute atomic E-state index is 0.0158. The zero-order chi connectivity index (χ0) is 17.5. The first-order valence-corrected chi connectivity index (χ1v) is 9.14. The average molecular weight is 402 g/mol. The number of hydrogen-bond donors (Lipinski definition) is 1. The van der Waals surface area contributed by atoms with E-state index in [-0.39, 0.29) is 11.3 Å². The number of piperidine rings is 1. The van der Waals surface area contributed by atoms with Gasteiger partial charge in [0.25, 0.3) is 0 Å². The van der Waals surface area contributed by atoms with E-state index in [2.05, 4.69) is 33.4 Å². The molecule has 0 unspecified atom stereocenters. The number of nitriles is 1. The number of amidine groups is 1. The highest BCUT2D eigenvalue weighted by Gasteiger charge is 2.39. The van der Waals surface area contributed by atoms with Gasteiger partial charge >= 0.3 is 0 Å². The average Bonchev–Trinajstić information content (AvgIpc) is 3.03. The summed E-state index contributed by atoms with van der Waals surface area (Å²) in [6, 6.07) is 9.88. The zero-order valence-electron chi connectivity index (χ0n) is 13.4. The second kappa shape index (κ2) is 6.15. The highest BCUT2D eigenvalue weighted by Crippen LogP contribution is 2.41. The first kappa shape index (κ1) is 16.9. The van der Waals surface area contributed by atoms with Crippen molar-refractivity contribution in [3.63, 3.8) is 0 Å². The zero-order valence-corrected chi connectivity index (χ0v) is 15.8. The second-order valence-corrected chi connectivity index (χ2v) is 8.18. The maximum Gasteiger partial charge on any atom is 0.228 e. The summed E-state index contributed by atoms with van der Waals surface area (Å²) >= 11 is 5.05. The van der Waals surface area contributed by atoms with Crippen LogP contribution in [-0.2, 0) is 10.2 Å². The molecule has 1 atom stereocenters. The van der Waals surface area contributed by atoms with E-state index >= 15 is 0 Å². The second-order valence-electron chi connectivity index (χ2n) is 6.35. The predicted octanol–water partition coefficient (Wildman–Crippen LogP) is 4.54. The van der Waals surface area contributed by atoms with Gasteiger partial charge in [0.1, 0.15) is 5.84 Å². The molecule has 2 heterocycles. The Morgan fingerprint density at radius 2 is 2.04 bits per heavy atom. The van der Waals surface area contributed by atoms with Gasteiger partial charge in [-0.3, -0.25) is 10.2 Å². The van der Waals surface area contributed by atoms with Gasteiger partial charge in [0.05, 0.1) is 11.6 Å². The number of amides is 1. The lowest BCUT2D eigenvalue weighted by Crippen LogP contribution is -2.46. The summed E-state index contributed by atoms with van der Waals surface area (Å²) in [6.45, 7) is 2.05. The third kappa shape index (κ3) is 3.02. The van der Waals surface area contributed by atoms with Crippen LogP contribution in [0.2, 0.25) is 0 Å². The van der Waals surface area contributed by atoms with Crippen molar-refractivity contribution in [1.29, 1.82) is 10.7 Å². The Labute approximate surface area is 153 Å². The molecule has 1 aliphatic rings. The monoisotopic (exact) mass is 401 g/mol. The van der Waals surface area contributed by atoms with Gasteiger partial charge in [-0.1, -0.05) is 22.9 Å². The topological polar surface area (TPSA) is 68.0 Å².